The molecule has 0 aliphatic heterocycles. The molecular formula is C8H14N2. The molecule has 0 aromatic carbocycles. The maximum atomic E-state index is 8.37. The molecule has 0 aromatic rings. The van der Waals surface area contributed by atoms with Crippen molar-refractivity contribution in [1.29, 1.82) is 5.26 Å². The van der Waals surface area contributed by atoms with E-state index in [0.29, 0.717) is 12.0 Å². The van der Waals surface area contributed by atoms with Gasteiger partial charge in [0.1, 0.15) is 0 Å². The van der Waals surface area contributed by atoms with E-state index >= 15 is 0 Å². The summed E-state index contributed by atoms with van der Waals surface area (Å²) in [7, 11) is 2.00. The van der Waals surface area contributed by atoms with Gasteiger partial charge in [0.05, 0.1) is 6.07 Å². The average molecular weight is 138 g/mol. The van der Waals surface area contributed by atoms with Gasteiger partial charge in [-0.2, -0.15) is 5.26 Å². The lowest BCUT2D eigenvalue weighted by atomic mass is 9.74. The van der Waals surface area contributed by atoms with Gasteiger partial charge in [0.25, 0.3) is 0 Å². The minimum atomic E-state index is 0.343. The van der Waals surface area contributed by atoms with Crippen LogP contribution in [0.5, 0.6) is 0 Å². The van der Waals surface area contributed by atoms with Gasteiger partial charge in [-0.1, -0.05) is 0 Å². The van der Waals surface area contributed by atoms with Crippen LogP contribution in [-0.2, 0) is 0 Å². The third-order valence-corrected chi connectivity index (χ3v) is 2.56. The Morgan fingerprint density at radius 2 is 2.30 bits per heavy atom. The van der Waals surface area contributed by atoms with Gasteiger partial charge in [-0.05, 0) is 32.7 Å². The molecule has 1 rings (SSSR count). The number of hydrogen-bond donors (Lipinski definition) is 1. The predicted molar refractivity (Wildman–Crippen MR) is 40.5 cm³/mol. The van der Waals surface area contributed by atoms with Crippen molar-refractivity contribution in [3.63, 3.8) is 0 Å². The Hall–Kier alpha value is -0.550. The van der Waals surface area contributed by atoms with Crippen LogP contribution in [0.15, 0.2) is 0 Å². The van der Waals surface area contributed by atoms with Crippen molar-refractivity contribution >= 4 is 0 Å². The molecule has 0 heterocycles. The quantitative estimate of drug-likeness (QED) is 0.640. The Labute approximate surface area is 62.2 Å². The van der Waals surface area contributed by atoms with Crippen molar-refractivity contribution in [3.8, 4) is 6.07 Å². The summed E-state index contributed by atoms with van der Waals surface area (Å²) in [6.07, 6.45) is 5.56. The van der Waals surface area contributed by atoms with E-state index in [1.165, 1.54) is 19.3 Å². The van der Waals surface area contributed by atoms with Crippen LogP contribution in [0.1, 0.15) is 32.1 Å². The van der Waals surface area contributed by atoms with Crippen LogP contribution in [0.2, 0.25) is 0 Å². The first-order valence-electron chi connectivity index (χ1n) is 3.89. The molecule has 0 spiro atoms. The zero-order valence-electron chi connectivity index (χ0n) is 6.48. The SMILES string of the molecule is CNC1(CCC#N)CCC1. The topological polar surface area (TPSA) is 35.8 Å². The standard InChI is InChI=1S/C8H14N2/c1-10-8(4-2-5-8)6-3-7-9/h10H,2-6H2,1H3. The molecule has 0 aromatic heterocycles. The fourth-order valence-electron chi connectivity index (χ4n) is 1.52. The van der Waals surface area contributed by atoms with Crippen LogP contribution < -0.4 is 5.32 Å². The summed E-state index contributed by atoms with van der Waals surface area (Å²) in [6.45, 7) is 0. The van der Waals surface area contributed by atoms with Gasteiger partial charge < -0.3 is 5.32 Å². The molecule has 0 amide bonds. The van der Waals surface area contributed by atoms with Crippen molar-refractivity contribution in [2.75, 3.05) is 7.05 Å². The van der Waals surface area contributed by atoms with Crippen molar-refractivity contribution in [2.45, 2.75) is 37.6 Å². The molecule has 0 radical (unpaired) electrons. The molecule has 0 bridgehead atoms. The van der Waals surface area contributed by atoms with Crippen LogP contribution in [0.3, 0.4) is 0 Å². The average Bonchev–Trinajstić information content (AvgIpc) is 1.87. The Morgan fingerprint density at radius 3 is 2.60 bits per heavy atom. The monoisotopic (exact) mass is 138 g/mol. The second kappa shape index (κ2) is 3.03. The maximum absolute atomic E-state index is 8.37. The number of nitriles is 1. The molecular weight excluding hydrogens is 124 g/mol. The van der Waals surface area contributed by atoms with E-state index in [1.807, 2.05) is 7.05 Å². The summed E-state index contributed by atoms with van der Waals surface area (Å²) in [6, 6.07) is 2.19. The highest BCUT2D eigenvalue weighted by atomic mass is 15.0. The fourth-order valence-corrected chi connectivity index (χ4v) is 1.52. The van der Waals surface area contributed by atoms with Gasteiger partial charge in [-0.3, -0.25) is 0 Å². The molecule has 0 saturated heterocycles. The normalized spacial score (nSPS) is 21.2. The van der Waals surface area contributed by atoms with Gasteiger partial charge in [-0.25, -0.2) is 0 Å². The molecule has 0 atom stereocenters. The predicted octanol–water partition coefficient (Wildman–Crippen LogP) is 1.43. The molecule has 1 N–H and O–H groups in total. The minimum absolute atomic E-state index is 0.343. The Balaban J connectivity index is 2.28. The van der Waals surface area contributed by atoms with Gasteiger partial charge in [0, 0.05) is 12.0 Å². The lowest BCUT2D eigenvalue weighted by Crippen LogP contribution is -2.48. The molecule has 1 fully saturated rings. The second-order valence-corrected chi connectivity index (χ2v) is 3.04. The van der Waals surface area contributed by atoms with Crippen molar-refractivity contribution in [1.82, 2.24) is 5.32 Å². The lowest BCUT2D eigenvalue weighted by molar-refractivity contribution is 0.186. The molecule has 0 unspecified atom stereocenters. The number of rotatable bonds is 3. The molecule has 56 valence electrons. The van der Waals surface area contributed by atoms with E-state index in [0.717, 1.165) is 6.42 Å². The van der Waals surface area contributed by atoms with Crippen LogP contribution >= 0.6 is 0 Å². The van der Waals surface area contributed by atoms with Crippen molar-refractivity contribution in [3.05, 3.63) is 0 Å². The smallest absolute Gasteiger partial charge is 0.0622 e. The third kappa shape index (κ3) is 1.30. The summed E-state index contributed by atoms with van der Waals surface area (Å²) >= 11 is 0. The Morgan fingerprint density at radius 1 is 1.60 bits per heavy atom. The van der Waals surface area contributed by atoms with Gasteiger partial charge >= 0.3 is 0 Å². The first-order valence-corrected chi connectivity index (χ1v) is 3.89. The van der Waals surface area contributed by atoms with E-state index in [-0.39, 0.29) is 0 Å². The highest BCUT2D eigenvalue weighted by Gasteiger charge is 2.34. The molecule has 1 aliphatic rings. The summed E-state index contributed by atoms with van der Waals surface area (Å²) < 4.78 is 0. The zero-order valence-corrected chi connectivity index (χ0v) is 6.48. The molecule has 10 heavy (non-hydrogen) atoms. The van der Waals surface area contributed by atoms with E-state index < -0.39 is 0 Å². The molecule has 2 heteroatoms. The minimum Gasteiger partial charge on any atom is -0.314 e. The van der Waals surface area contributed by atoms with Gasteiger partial charge in [-0.15, -0.1) is 0 Å². The van der Waals surface area contributed by atoms with E-state index in [2.05, 4.69) is 11.4 Å². The Bertz CT molecular complexity index is 136. The third-order valence-electron chi connectivity index (χ3n) is 2.56. The van der Waals surface area contributed by atoms with Gasteiger partial charge in [0.15, 0.2) is 0 Å². The van der Waals surface area contributed by atoms with Crippen LogP contribution in [0.25, 0.3) is 0 Å². The Kier molecular flexibility index (Phi) is 2.29. The summed E-state index contributed by atoms with van der Waals surface area (Å²) in [4.78, 5) is 0. The molecule has 1 aliphatic carbocycles. The van der Waals surface area contributed by atoms with E-state index in [9.17, 15) is 0 Å². The molecule has 1 saturated carbocycles. The lowest BCUT2D eigenvalue weighted by Gasteiger charge is -2.41. The van der Waals surface area contributed by atoms with Gasteiger partial charge in [0.2, 0.25) is 0 Å². The number of hydrogen-bond acceptors (Lipinski definition) is 2. The fraction of sp³-hybridized carbons (Fsp3) is 0.875. The summed E-state index contributed by atoms with van der Waals surface area (Å²) in [5.74, 6) is 0. The van der Waals surface area contributed by atoms with E-state index in [1.54, 1.807) is 0 Å². The van der Waals surface area contributed by atoms with Crippen LogP contribution in [0.4, 0.5) is 0 Å². The largest absolute Gasteiger partial charge is 0.314 e. The number of nitrogens with one attached hydrogen (secondary N) is 1. The van der Waals surface area contributed by atoms with E-state index in [4.69, 9.17) is 5.26 Å². The first kappa shape index (κ1) is 7.56. The van der Waals surface area contributed by atoms with Crippen molar-refractivity contribution < 1.29 is 0 Å². The maximum Gasteiger partial charge on any atom is 0.0622 e. The summed E-state index contributed by atoms with van der Waals surface area (Å²) in [5.41, 5.74) is 0.343. The summed E-state index contributed by atoms with van der Waals surface area (Å²) in [5, 5.41) is 11.7. The van der Waals surface area contributed by atoms with Crippen LogP contribution in [0, 0.1) is 11.3 Å². The number of nitrogens with zero attached hydrogens (tertiary/aromatic N) is 1. The highest BCUT2D eigenvalue weighted by Crippen LogP contribution is 2.35. The van der Waals surface area contributed by atoms with Crippen molar-refractivity contribution in [2.24, 2.45) is 0 Å². The van der Waals surface area contributed by atoms with Crippen LogP contribution in [-0.4, -0.2) is 12.6 Å². The first-order chi connectivity index (χ1) is 4.83. The molecule has 2 nitrogen and oxygen atoms in total. The zero-order chi connectivity index (χ0) is 7.45. The second-order valence-electron chi connectivity index (χ2n) is 3.04. The highest BCUT2D eigenvalue weighted by molar-refractivity contribution is 4.96.